The Bertz CT molecular complexity index is 351. The van der Waals surface area contributed by atoms with Crippen LogP contribution in [-0.2, 0) is 19.6 Å². The highest BCUT2D eigenvalue weighted by Gasteiger charge is 2.13. The van der Waals surface area contributed by atoms with Crippen LogP contribution in [0.15, 0.2) is 0 Å². The van der Waals surface area contributed by atoms with Crippen LogP contribution in [0.3, 0.4) is 0 Å². The molecule has 0 radical (unpaired) electrons. The zero-order valence-corrected chi connectivity index (χ0v) is 11.1. The second-order valence-electron chi connectivity index (χ2n) is 4.16. The molecule has 0 aromatic rings. The van der Waals surface area contributed by atoms with E-state index in [-0.39, 0.29) is 18.6 Å². The highest BCUT2D eigenvalue weighted by atomic mass is 32.2. The number of hydrogen-bond acceptors (Lipinski definition) is 5. The number of morpholine rings is 1. The topological polar surface area (TPSA) is 95.9 Å². The first-order chi connectivity index (χ1) is 8.49. The number of ether oxygens (including phenoxy) is 1. The summed E-state index contributed by atoms with van der Waals surface area (Å²) >= 11 is 0. The number of carboxylic acids is 1. The minimum atomic E-state index is -3.35. The van der Waals surface area contributed by atoms with Gasteiger partial charge in [-0.05, 0) is 6.42 Å². The van der Waals surface area contributed by atoms with Crippen molar-refractivity contribution >= 4 is 16.0 Å². The second kappa shape index (κ2) is 7.67. The second-order valence-corrected chi connectivity index (χ2v) is 6.09. The summed E-state index contributed by atoms with van der Waals surface area (Å²) in [4.78, 5) is 12.4. The van der Waals surface area contributed by atoms with Crippen molar-refractivity contribution in [2.75, 3.05) is 45.1 Å². The Hall–Kier alpha value is -0.700. The number of carbonyl (C=O) groups is 1. The fourth-order valence-electron chi connectivity index (χ4n) is 1.67. The van der Waals surface area contributed by atoms with Gasteiger partial charge in [-0.2, -0.15) is 0 Å². The molecule has 0 spiro atoms. The van der Waals surface area contributed by atoms with Crippen molar-refractivity contribution in [2.24, 2.45) is 0 Å². The molecule has 0 aliphatic carbocycles. The molecule has 1 saturated heterocycles. The molecule has 1 fully saturated rings. The van der Waals surface area contributed by atoms with E-state index in [2.05, 4.69) is 9.62 Å². The SMILES string of the molecule is O=C(O)CCCS(=O)(=O)NCCN1CCOCC1. The molecule has 106 valence electrons. The van der Waals surface area contributed by atoms with E-state index in [0.717, 1.165) is 13.1 Å². The Morgan fingerprint density at radius 1 is 1.33 bits per heavy atom. The van der Waals surface area contributed by atoms with Crippen molar-refractivity contribution < 1.29 is 23.1 Å². The summed E-state index contributed by atoms with van der Waals surface area (Å²) in [7, 11) is -3.35. The third-order valence-corrected chi connectivity index (χ3v) is 4.13. The van der Waals surface area contributed by atoms with Crippen molar-refractivity contribution in [1.82, 2.24) is 9.62 Å². The van der Waals surface area contributed by atoms with Gasteiger partial charge in [0, 0.05) is 32.6 Å². The molecule has 18 heavy (non-hydrogen) atoms. The van der Waals surface area contributed by atoms with Gasteiger partial charge in [0.15, 0.2) is 0 Å². The van der Waals surface area contributed by atoms with Gasteiger partial charge in [0.2, 0.25) is 10.0 Å². The van der Waals surface area contributed by atoms with E-state index >= 15 is 0 Å². The van der Waals surface area contributed by atoms with Crippen molar-refractivity contribution in [3.63, 3.8) is 0 Å². The van der Waals surface area contributed by atoms with Crippen LogP contribution in [0.4, 0.5) is 0 Å². The maximum atomic E-state index is 11.5. The summed E-state index contributed by atoms with van der Waals surface area (Å²) in [6, 6.07) is 0. The van der Waals surface area contributed by atoms with Crippen LogP contribution in [0.1, 0.15) is 12.8 Å². The normalized spacial score (nSPS) is 17.8. The Morgan fingerprint density at radius 3 is 2.61 bits per heavy atom. The van der Waals surface area contributed by atoms with Crippen molar-refractivity contribution in [1.29, 1.82) is 0 Å². The fourth-order valence-corrected chi connectivity index (χ4v) is 2.74. The van der Waals surface area contributed by atoms with E-state index in [1.165, 1.54) is 0 Å². The van der Waals surface area contributed by atoms with Gasteiger partial charge in [-0.1, -0.05) is 0 Å². The lowest BCUT2D eigenvalue weighted by Gasteiger charge is -2.26. The minimum Gasteiger partial charge on any atom is -0.481 e. The van der Waals surface area contributed by atoms with Gasteiger partial charge >= 0.3 is 5.97 Å². The summed E-state index contributed by atoms with van der Waals surface area (Å²) < 4.78 is 30.7. The highest BCUT2D eigenvalue weighted by Crippen LogP contribution is 1.97. The Morgan fingerprint density at radius 2 is 2.00 bits per heavy atom. The maximum absolute atomic E-state index is 11.5. The molecule has 1 aliphatic rings. The van der Waals surface area contributed by atoms with E-state index in [1.807, 2.05) is 0 Å². The van der Waals surface area contributed by atoms with Gasteiger partial charge in [0.05, 0.1) is 19.0 Å². The van der Waals surface area contributed by atoms with Gasteiger partial charge in [-0.15, -0.1) is 0 Å². The lowest BCUT2D eigenvalue weighted by Crippen LogP contribution is -2.41. The van der Waals surface area contributed by atoms with Crippen LogP contribution in [0.2, 0.25) is 0 Å². The molecule has 0 bridgehead atoms. The third-order valence-electron chi connectivity index (χ3n) is 2.66. The molecule has 7 nitrogen and oxygen atoms in total. The van der Waals surface area contributed by atoms with Crippen molar-refractivity contribution in [3.05, 3.63) is 0 Å². The number of aliphatic carboxylic acids is 1. The van der Waals surface area contributed by atoms with E-state index in [0.29, 0.717) is 26.3 Å². The zero-order chi connectivity index (χ0) is 13.4. The Kier molecular flexibility index (Phi) is 6.55. The summed E-state index contributed by atoms with van der Waals surface area (Å²) in [5, 5.41) is 8.42. The molecule has 1 rings (SSSR count). The smallest absolute Gasteiger partial charge is 0.303 e. The molecule has 1 heterocycles. The maximum Gasteiger partial charge on any atom is 0.303 e. The van der Waals surface area contributed by atoms with Gasteiger partial charge in [0.25, 0.3) is 0 Å². The molecule has 2 N–H and O–H groups in total. The largest absolute Gasteiger partial charge is 0.481 e. The molecule has 0 saturated carbocycles. The molecule has 0 aromatic heterocycles. The van der Waals surface area contributed by atoms with Gasteiger partial charge in [-0.3, -0.25) is 9.69 Å². The summed E-state index contributed by atoms with van der Waals surface area (Å²) in [6.07, 6.45) is 0.0204. The first-order valence-corrected chi connectivity index (χ1v) is 7.64. The molecule has 1 aliphatic heterocycles. The highest BCUT2D eigenvalue weighted by molar-refractivity contribution is 7.89. The summed E-state index contributed by atoms with van der Waals surface area (Å²) in [5.41, 5.74) is 0. The molecule has 8 heteroatoms. The van der Waals surface area contributed by atoms with E-state index in [1.54, 1.807) is 0 Å². The molecular formula is C10H20N2O5S. The summed E-state index contributed by atoms with van der Waals surface area (Å²) in [6.45, 7) is 4.02. The van der Waals surface area contributed by atoms with Gasteiger partial charge in [0.1, 0.15) is 0 Å². The monoisotopic (exact) mass is 280 g/mol. The zero-order valence-electron chi connectivity index (χ0n) is 10.3. The van der Waals surface area contributed by atoms with Crippen molar-refractivity contribution in [3.8, 4) is 0 Å². The molecular weight excluding hydrogens is 260 g/mol. The Balaban J connectivity index is 2.14. The lowest BCUT2D eigenvalue weighted by atomic mass is 10.3. The number of rotatable bonds is 8. The van der Waals surface area contributed by atoms with E-state index in [4.69, 9.17) is 9.84 Å². The van der Waals surface area contributed by atoms with Crippen LogP contribution in [-0.4, -0.2) is 69.5 Å². The predicted molar refractivity (Wildman–Crippen MR) is 65.9 cm³/mol. The van der Waals surface area contributed by atoms with Crippen LogP contribution in [0, 0.1) is 0 Å². The van der Waals surface area contributed by atoms with Gasteiger partial charge in [-0.25, -0.2) is 13.1 Å². The van der Waals surface area contributed by atoms with Gasteiger partial charge < -0.3 is 9.84 Å². The average molecular weight is 280 g/mol. The standard InChI is InChI=1S/C10H20N2O5S/c13-10(14)2-1-9-18(15,16)11-3-4-12-5-7-17-8-6-12/h11H,1-9H2,(H,13,14). The average Bonchev–Trinajstić information content (AvgIpc) is 2.29. The first-order valence-electron chi connectivity index (χ1n) is 5.99. The predicted octanol–water partition coefficient (Wildman–Crippen LogP) is -0.897. The molecule has 0 amide bonds. The van der Waals surface area contributed by atoms with Crippen LogP contribution < -0.4 is 4.72 Å². The van der Waals surface area contributed by atoms with Crippen LogP contribution in [0.25, 0.3) is 0 Å². The number of hydrogen-bond donors (Lipinski definition) is 2. The lowest BCUT2D eigenvalue weighted by molar-refractivity contribution is -0.137. The number of carboxylic acid groups (broad SMARTS) is 1. The van der Waals surface area contributed by atoms with Crippen LogP contribution in [0.5, 0.6) is 0 Å². The molecule has 0 atom stereocenters. The number of sulfonamides is 1. The first kappa shape index (κ1) is 15.4. The minimum absolute atomic E-state index is 0.121. The molecule has 0 unspecified atom stereocenters. The fraction of sp³-hybridized carbons (Fsp3) is 0.900. The van der Waals surface area contributed by atoms with Crippen LogP contribution >= 0.6 is 0 Å². The Labute approximate surface area is 107 Å². The summed E-state index contributed by atoms with van der Waals surface area (Å²) in [5.74, 6) is -1.11. The third kappa shape index (κ3) is 6.90. The molecule has 0 aromatic carbocycles. The van der Waals surface area contributed by atoms with Crippen molar-refractivity contribution in [2.45, 2.75) is 12.8 Å². The quantitative estimate of drug-likeness (QED) is 0.598. The van der Waals surface area contributed by atoms with E-state index < -0.39 is 16.0 Å². The number of nitrogens with zero attached hydrogens (tertiary/aromatic N) is 1. The van der Waals surface area contributed by atoms with E-state index in [9.17, 15) is 13.2 Å². The number of nitrogens with one attached hydrogen (secondary N) is 1.